The van der Waals surface area contributed by atoms with Gasteiger partial charge in [0.1, 0.15) is 0 Å². The molecule has 0 spiro atoms. The molecule has 1 rings (SSSR count). The minimum Gasteiger partial charge on any atom is -0.393 e. The molecule has 2 nitrogen and oxygen atoms in total. The van der Waals surface area contributed by atoms with Crippen LogP contribution in [-0.4, -0.2) is 17.8 Å². The summed E-state index contributed by atoms with van der Waals surface area (Å²) in [5.74, 6) is 0.388. The van der Waals surface area contributed by atoms with Crippen molar-refractivity contribution in [3.63, 3.8) is 0 Å². The van der Waals surface area contributed by atoms with Crippen LogP contribution in [0.15, 0.2) is 0 Å². The van der Waals surface area contributed by atoms with Gasteiger partial charge in [-0.2, -0.15) is 0 Å². The quantitative estimate of drug-likeness (QED) is 0.607. The molecule has 1 aliphatic rings. The summed E-state index contributed by atoms with van der Waals surface area (Å²) in [6.45, 7) is 0.654. The monoisotopic (exact) mass is 165 g/mol. The van der Waals surface area contributed by atoms with Crippen LogP contribution in [0.2, 0.25) is 0 Å². The Hall–Kier alpha value is 0.210. The summed E-state index contributed by atoms with van der Waals surface area (Å²) in [5, 5.41) is 9.29. The van der Waals surface area contributed by atoms with Crippen LogP contribution in [0.3, 0.4) is 0 Å². The number of rotatable bonds is 1. The van der Waals surface area contributed by atoms with Crippen molar-refractivity contribution in [2.45, 2.75) is 31.8 Å². The summed E-state index contributed by atoms with van der Waals surface area (Å²) in [4.78, 5) is 0. The van der Waals surface area contributed by atoms with Crippen LogP contribution in [0.25, 0.3) is 0 Å². The summed E-state index contributed by atoms with van der Waals surface area (Å²) in [6, 6.07) is 0. The van der Waals surface area contributed by atoms with E-state index in [4.69, 9.17) is 5.73 Å². The highest BCUT2D eigenvalue weighted by atomic mass is 35.5. The van der Waals surface area contributed by atoms with Gasteiger partial charge in [-0.25, -0.2) is 0 Å². The molecule has 1 saturated carbocycles. The topological polar surface area (TPSA) is 46.2 Å². The maximum absolute atomic E-state index is 9.29. The van der Waals surface area contributed by atoms with Crippen LogP contribution in [0, 0.1) is 5.92 Å². The molecule has 0 aliphatic heterocycles. The molecule has 1 aliphatic carbocycles. The van der Waals surface area contributed by atoms with E-state index in [1.807, 2.05) is 0 Å². The molecular formula is C7H16ClNO. The number of aliphatic hydroxyl groups is 1. The van der Waals surface area contributed by atoms with Crippen molar-refractivity contribution in [1.29, 1.82) is 0 Å². The number of hydrogen-bond donors (Lipinski definition) is 2. The first kappa shape index (κ1) is 10.2. The molecule has 1 fully saturated rings. The minimum absolute atomic E-state index is 0. The first-order chi connectivity index (χ1) is 4.34. The van der Waals surface area contributed by atoms with E-state index in [2.05, 4.69) is 0 Å². The van der Waals surface area contributed by atoms with E-state index >= 15 is 0 Å². The molecule has 0 saturated heterocycles. The van der Waals surface area contributed by atoms with Crippen molar-refractivity contribution in [3.8, 4) is 0 Å². The van der Waals surface area contributed by atoms with Crippen molar-refractivity contribution >= 4 is 12.4 Å². The van der Waals surface area contributed by atoms with Crippen molar-refractivity contribution in [2.24, 2.45) is 11.7 Å². The lowest BCUT2D eigenvalue weighted by Crippen LogP contribution is -2.30. The number of aliphatic hydroxyl groups excluding tert-OH is 1. The van der Waals surface area contributed by atoms with Gasteiger partial charge in [0, 0.05) is 0 Å². The highest BCUT2D eigenvalue weighted by Crippen LogP contribution is 2.22. The lowest BCUT2D eigenvalue weighted by molar-refractivity contribution is 0.0743. The largest absolute Gasteiger partial charge is 0.393 e. The molecule has 0 radical (unpaired) electrons. The fraction of sp³-hybridized carbons (Fsp3) is 1.00. The summed E-state index contributed by atoms with van der Waals surface area (Å²) < 4.78 is 0. The lowest BCUT2D eigenvalue weighted by Gasteiger charge is -2.25. The standard InChI is InChI=1S/C7H15NO.ClH/c8-5-6-3-1-2-4-7(6)9;/h6-7,9H,1-5,8H2;1H/t6-,7-;/m1./s1. The van der Waals surface area contributed by atoms with Gasteiger partial charge in [-0.05, 0) is 25.3 Å². The summed E-state index contributed by atoms with van der Waals surface area (Å²) in [5.41, 5.74) is 5.43. The molecule has 3 heteroatoms. The summed E-state index contributed by atoms with van der Waals surface area (Å²) in [7, 11) is 0. The van der Waals surface area contributed by atoms with Gasteiger partial charge in [0.25, 0.3) is 0 Å². The van der Waals surface area contributed by atoms with E-state index in [1.165, 1.54) is 12.8 Å². The zero-order valence-electron chi connectivity index (χ0n) is 6.12. The first-order valence-electron chi connectivity index (χ1n) is 3.72. The summed E-state index contributed by atoms with van der Waals surface area (Å²) in [6.07, 6.45) is 4.40. The van der Waals surface area contributed by atoms with Gasteiger partial charge in [-0.1, -0.05) is 12.8 Å². The van der Waals surface area contributed by atoms with E-state index in [-0.39, 0.29) is 18.5 Å². The van der Waals surface area contributed by atoms with Crippen LogP contribution in [0.4, 0.5) is 0 Å². The number of hydrogen-bond acceptors (Lipinski definition) is 2. The van der Waals surface area contributed by atoms with Crippen LogP contribution >= 0.6 is 12.4 Å². The van der Waals surface area contributed by atoms with Crippen LogP contribution < -0.4 is 5.73 Å². The van der Waals surface area contributed by atoms with Crippen molar-refractivity contribution in [1.82, 2.24) is 0 Å². The average molecular weight is 166 g/mol. The van der Waals surface area contributed by atoms with Gasteiger partial charge in [0.05, 0.1) is 6.10 Å². The SMILES string of the molecule is Cl.NC[C@H]1CCCC[C@H]1O. The molecular weight excluding hydrogens is 150 g/mol. The van der Waals surface area contributed by atoms with Gasteiger partial charge in [0.2, 0.25) is 0 Å². The molecule has 0 aromatic rings. The zero-order chi connectivity index (χ0) is 6.69. The smallest absolute Gasteiger partial charge is 0.0580 e. The highest BCUT2D eigenvalue weighted by Gasteiger charge is 2.20. The Bertz CT molecular complexity index is 89.7. The molecule has 0 amide bonds. The normalized spacial score (nSPS) is 33.0. The second kappa shape index (κ2) is 4.94. The van der Waals surface area contributed by atoms with Crippen LogP contribution in [-0.2, 0) is 0 Å². The second-order valence-corrected chi connectivity index (χ2v) is 2.85. The van der Waals surface area contributed by atoms with Crippen LogP contribution in [0.5, 0.6) is 0 Å². The molecule has 10 heavy (non-hydrogen) atoms. The second-order valence-electron chi connectivity index (χ2n) is 2.85. The fourth-order valence-corrected chi connectivity index (χ4v) is 1.46. The molecule has 0 aromatic carbocycles. The number of nitrogens with two attached hydrogens (primary N) is 1. The van der Waals surface area contributed by atoms with Crippen molar-refractivity contribution in [2.75, 3.05) is 6.54 Å². The van der Waals surface area contributed by atoms with Gasteiger partial charge in [-0.15, -0.1) is 12.4 Å². The third kappa shape index (κ3) is 2.45. The van der Waals surface area contributed by atoms with Gasteiger partial charge >= 0.3 is 0 Å². The third-order valence-electron chi connectivity index (χ3n) is 2.17. The maximum atomic E-state index is 9.29. The Morgan fingerprint density at radius 1 is 1.30 bits per heavy atom. The van der Waals surface area contributed by atoms with E-state index in [0.29, 0.717) is 12.5 Å². The molecule has 0 heterocycles. The van der Waals surface area contributed by atoms with Gasteiger partial charge in [0.15, 0.2) is 0 Å². The Morgan fingerprint density at radius 2 is 1.90 bits per heavy atom. The zero-order valence-corrected chi connectivity index (χ0v) is 6.94. The first-order valence-corrected chi connectivity index (χ1v) is 3.72. The van der Waals surface area contributed by atoms with E-state index < -0.39 is 0 Å². The summed E-state index contributed by atoms with van der Waals surface area (Å²) >= 11 is 0. The van der Waals surface area contributed by atoms with Crippen LogP contribution in [0.1, 0.15) is 25.7 Å². The van der Waals surface area contributed by atoms with Gasteiger partial charge < -0.3 is 10.8 Å². The van der Waals surface area contributed by atoms with E-state index in [0.717, 1.165) is 12.8 Å². The predicted octanol–water partition coefficient (Wildman–Crippen LogP) is 0.918. The molecule has 0 bridgehead atoms. The molecule has 3 N–H and O–H groups in total. The van der Waals surface area contributed by atoms with Gasteiger partial charge in [-0.3, -0.25) is 0 Å². The molecule has 0 aromatic heterocycles. The molecule has 62 valence electrons. The third-order valence-corrected chi connectivity index (χ3v) is 2.17. The van der Waals surface area contributed by atoms with Crippen molar-refractivity contribution in [3.05, 3.63) is 0 Å². The average Bonchev–Trinajstić information content (AvgIpc) is 1.89. The van der Waals surface area contributed by atoms with E-state index in [1.54, 1.807) is 0 Å². The van der Waals surface area contributed by atoms with E-state index in [9.17, 15) is 5.11 Å². The fourth-order valence-electron chi connectivity index (χ4n) is 1.46. The number of halogens is 1. The Kier molecular flexibility index (Phi) is 5.04. The maximum Gasteiger partial charge on any atom is 0.0580 e. The Balaban J connectivity index is 0.000000810. The lowest BCUT2D eigenvalue weighted by atomic mass is 9.87. The van der Waals surface area contributed by atoms with Crippen molar-refractivity contribution < 1.29 is 5.11 Å². The Labute approximate surface area is 68.2 Å². The molecule has 2 atom stereocenters. The predicted molar refractivity (Wildman–Crippen MR) is 44.3 cm³/mol. The highest BCUT2D eigenvalue weighted by molar-refractivity contribution is 5.85. The minimum atomic E-state index is -0.108. The molecule has 0 unspecified atom stereocenters. The Morgan fingerprint density at radius 3 is 2.30 bits per heavy atom.